The van der Waals surface area contributed by atoms with Crippen molar-refractivity contribution in [1.82, 2.24) is 4.90 Å². The van der Waals surface area contributed by atoms with Crippen molar-refractivity contribution in [3.05, 3.63) is 23.8 Å². The molecule has 1 saturated heterocycles. The van der Waals surface area contributed by atoms with E-state index in [0.717, 1.165) is 50.5 Å². The Morgan fingerprint density at radius 1 is 1.13 bits per heavy atom. The molecule has 1 heterocycles. The average molecular weight is 321 g/mol. The van der Waals surface area contributed by atoms with E-state index in [1.54, 1.807) is 21.3 Å². The summed E-state index contributed by atoms with van der Waals surface area (Å²) in [5.74, 6) is 1.57. The van der Waals surface area contributed by atoms with Crippen LogP contribution in [-0.2, 0) is 15.9 Å². The molecule has 1 aromatic rings. The number of benzene rings is 1. The van der Waals surface area contributed by atoms with Crippen LogP contribution < -0.4 is 9.47 Å². The SMILES string of the molecule is COc1ccc(CCN2CCOC3CCC2C3OC)cc1OC. The largest absolute Gasteiger partial charge is 0.493 e. The molecule has 1 aliphatic carbocycles. The van der Waals surface area contributed by atoms with Gasteiger partial charge < -0.3 is 18.9 Å². The van der Waals surface area contributed by atoms with E-state index in [1.165, 1.54) is 5.56 Å². The quantitative estimate of drug-likeness (QED) is 0.803. The number of hydrogen-bond acceptors (Lipinski definition) is 5. The highest BCUT2D eigenvalue weighted by Gasteiger charge is 2.42. The van der Waals surface area contributed by atoms with Crippen molar-refractivity contribution in [2.45, 2.75) is 37.5 Å². The lowest BCUT2D eigenvalue weighted by Gasteiger charge is -2.30. The standard InChI is InChI=1S/C18H27NO4/c1-20-15-6-4-13(12-17(15)21-2)8-9-19-10-11-23-16-7-5-14(19)18(16)22-3/h4,6,12,14,16,18H,5,7-11H2,1-3H3. The molecule has 0 aromatic heterocycles. The minimum absolute atomic E-state index is 0.211. The molecule has 23 heavy (non-hydrogen) atoms. The van der Waals surface area contributed by atoms with Gasteiger partial charge >= 0.3 is 0 Å². The molecule has 0 radical (unpaired) electrons. The van der Waals surface area contributed by atoms with Crippen LogP contribution in [0.5, 0.6) is 11.5 Å². The Labute approximate surface area is 138 Å². The van der Waals surface area contributed by atoms with Crippen molar-refractivity contribution >= 4 is 0 Å². The van der Waals surface area contributed by atoms with E-state index in [4.69, 9.17) is 18.9 Å². The van der Waals surface area contributed by atoms with Crippen molar-refractivity contribution in [2.75, 3.05) is 41.0 Å². The molecule has 2 bridgehead atoms. The maximum absolute atomic E-state index is 5.94. The lowest BCUT2D eigenvalue weighted by atomic mass is 10.1. The van der Waals surface area contributed by atoms with Crippen LogP contribution in [0.3, 0.4) is 0 Å². The molecule has 5 nitrogen and oxygen atoms in total. The van der Waals surface area contributed by atoms with Crippen LogP contribution in [0.4, 0.5) is 0 Å². The normalized spacial score (nSPS) is 27.7. The monoisotopic (exact) mass is 321 g/mol. The Balaban J connectivity index is 1.65. The van der Waals surface area contributed by atoms with Crippen LogP contribution in [0.25, 0.3) is 0 Å². The van der Waals surface area contributed by atoms with E-state index in [2.05, 4.69) is 17.0 Å². The number of hydrogen-bond donors (Lipinski definition) is 0. The molecule has 128 valence electrons. The third-order valence-corrected chi connectivity index (χ3v) is 5.08. The van der Waals surface area contributed by atoms with Gasteiger partial charge in [0.2, 0.25) is 0 Å². The predicted octanol–water partition coefficient (Wildman–Crippen LogP) is 2.12. The number of nitrogens with zero attached hydrogens (tertiary/aromatic N) is 1. The first-order valence-corrected chi connectivity index (χ1v) is 8.36. The number of rotatable bonds is 6. The molecule has 0 spiro atoms. The van der Waals surface area contributed by atoms with E-state index in [9.17, 15) is 0 Å². The number of ether oxygens (including phenoxy) is 4. The Morgan fingerprint density at radius 3 is 2.70 bits per heavy atom. The van der Waals surface area contributed by atoms with Crippen LogP contribution in [0.15, 0.2) is 18.2 Å². The van der Waals surface area contributed by atoms with Gasteiger partial charge in [-0.1, -0.05) is 6.07 Å². The smallest absolute Gasteiger partial charge is 0.160 e. The first-order chi connectivity index (χ1) is 11.3. The highest BCUT2D eigenvalue weighted by molar-refractivity contribution is 5.42. The molecule has 3 rings (SSSR count). The van der Waals surface area contributed by atoms with Crippen LogP contribution >= 0.6 is 0 Å². The first kappa shape index (κ1) is 16.6. The summed E-state index contributed by atoms with van der Waals surface area (Å²) >= 11 is 0. The van der Waals surface area contributed by atoms with E-state index in [0.29, 0.717) is 6.04 Å². The molecule has 1 aromatic carbocycles. The Bertz CT molecular complexity index is 522. The van der Waals surface area contributed by atoms with Crippen LogP contribution in [-0.4, -0.2) is 64.2 Å². The van der Waals surface area contributed by atoms with Crippen LogP contribution in [0.2, 0.25) is 0 Å². The van der Waals surface area contributed by atoms with E-state index in [1.807, 2.05) is 6.07 Å². The fourth-order valence-electron chi connectivity index (χ4n) is 3.86. The maximum Gasteiger partial charge on any atom is 0.160 e. The van der Waals surface area contributed by atoms with Crippen molar-refractivity contribution in [2.24, 2.45) is 0 Å². The number of methoxy groups -OCH3 is 3. The molecule has 0 amide bonds. The Morgan fingerprint density at radius 2 is 1.96 bits per heavy atom. The molecule has 3 unspecified atom stereocenters. The summed E-state index contributed by atoms with van der Waals surface area (Å²) in [7, 11) is 5.14. The Kier molecular flexibility index (Phi) is 5.41. The molecule has 1 saturated carbocycles. The second-order valence-electron chi connectivity index (χ2n) is 6.23. The third-order valence-electron chi connectivity index (χ3n) is 5.08. The molecule has 0 N–H and O–H groups in total. The van der Waals surface area contributed by atoms with Crippen molar-refractivity contribution in [1.29, 1.82) is 0 Å². The Hall–Kier alpha value is -1.30. The first-order valence-electron chi connectivity index (χ1n) is 8.36. The summed E-state index contributed by atoms with van der Waals surface area (Å²) in [5.41, 5.74) is 1.26. The van der Waals surface area contributed by atoms with Crippen molar-refractivity contribution < 1.29 is 18.9 Å². The van der Waals surface area contributed by atoms with Crippen molar-refractivity contribution in [3.63, 3.8) is 0 Å². The van der Waals surface area contributed by atoms with Crippen LogP contribution in [0.1, 0.15) is 18.4 Å². The highest BCUT2D eigenvalue weighted by atomic mass is 16.5. The highest BCUT2D eigenvalue weighted by Crippen LogP contribution is 2.32. The summed E-state index contributed by atoms with van der Waals surface area (Å²) in [6.07, 6.45) is 3.74. The maximum atomic E-state index is 5.94. The summed E-state index contributed by atoms with van der Waals surface area (Å²) in [6.45, 7) is 2.79. The second kappa shape index (κ2) is 7.51. The lowest BCUT2D eigenvalue weighted by molar-refractivity contribution is -0.0323. The van der Waals surface area contributed by atoms with E-state index < -0.39 is 0 Å². The van der Waals surface area contributed by atoms with E-state index in [-0.39, 0.29) is 12.2 Å². The lowest BCUT2D eigenvalue weighted by Crippen LogP contribution is -2.43. The van der Waals surface area contributed by atoms with Gasteiger partial charge in [-0.25, -0.2) is 0 Å². The minimum atomic E-state index is 0.211. The van der Waals surface area contributed by atoms with Gasteiger partial charge in [-0.15, -0.1) is 0 Å². The fraction of sp³-hybridized carbons (Fsp3) is 0.667. The second-order valence-corrected chi connectivity index (χ2v) is 6.23. The molecule has 1 aliphatic heterocycles. The molecular weight excluding hydrogens is 294 g/mol. The molecule has 2 fully saturated rings. The zero-order chi connectivity index (χ0) is 16.2. The van der Waals surface area contributed by atoms with Crippen LogP contribution in [0, 0.1) is 0 Å². The topological polar surface area (TPSA) is 40.2 Å². The van der Waals surface area contributed by atoms with Gasteiger partial charge in [0, 0.05) is 26.2 Å². The molecule has 5 heteroatoms. The zero-order valence-corrected chi connectivity index (χ0v) is 14.3. The van der Waals surface area contributed by atoms with Gasteiger partial charge in [0.05, 0.1) is 33.0 Å². The predicted molar refractivity (Wildman–Crippen MR) is 88.4 cm³/mol. The fourth-order valence-corrected chi connectivity index (χ4v) is 3.86. The van der Waals surface area contributed by atoms with Gasteiger partial charge in [0.15, 0.2) is 11.5 Å². The van der Waals surface area contributed by atoms with E-state index >= 15 is 0 Å². The van der Waals surface area contributed by atoms with Gasteiger partial charge in [0.1, 0.15) is 0 Å². The number of fused-ring (bicyclic) bond motifs is 2. The summed E-state index contributed by atoms with van der Waals surface area (Å²) in [5, 5.41) is 0. The van der Waals surface area contributed by atoms with Crippen molar-refractivity contribution in [3.8, 4) is 11.5 Å². The van der Waals surface area contributed by atoms with Gasteiger partial charge in [-0.05, 0) is 37.0 Å². The molecule has 2 aliphatic rings. The molecule has 3 atom stereocenters. The average Bonchev–Trinajstić information content (AvgIpc) is 2.90. The summed E-state index contributed by atoms with van der Waals surface area (Å²) < 4.78 is 22.3. The van der Waals surface area contributed by atoms with Gasteiger partial charge in [0.25, 0.3) is 0 Å². The summed E-state index contributed by atoms with van der Waals surface area (Å²) in [4.78, 5) is 2.53. The van der Waals surface area contributed by atoms with Gasteiger partial charge in [-0.3, -0.25) is 4.90 Å². The third kappa shape index (κ3) is 3.47. The zero-order valence-electron chi connectivity index (χ0n) is 14.3. The minimum Gasteiger partial charge on any atom is -0.493 e. The van der Waals surface area contributed by atoms with Gasteiger partial charge in [-0.2, -0.15) is 0 Å². The summed E-state index contributed by atoms with van der Waals surface area (Å²) in [6, 6.07) is 6.63. The molecular formula is C18H27NO4.